The lowest BCUT2D eigenvalue weighted by atomic mass is 10.2. The molecule has 0 aromatic carbocycles. The fraction of sp³-hybridized carbons (Fsp3) is 0.750. The molecule has 4 heteroatoms. The Hall–Kier alpha value is -0.900. The van der Waals surface area contributed by atoms with Gasteiger partial charge in [0, 0.05) is 6.42 Å². The van der Waals surface area contributed by atoms with E-state index < -0.39 is 12.0 Å². The SMILES string of the molecule is CC(C)COC(=O)C(N)CC=O. The van der Waals surface area contributed by atoms with E-state index in [-0.39, 0.29) is 12.3 Å². The van der Waals surface area contributed by atoms with Gasteiger partial charge in [-0.15, -0.1) is 0 Å². The molecule has 0 aromatic heterocycles. The summed E-state index contributed by atoms with van der Waals surface area (Å²) < 4.78 is 4.79. The van der Waals surface area contributed by atoms with Gasteiger partial charge in [0.2, 0.25) is 0 Å². The summed E-state index contributed by atoms with van der Waals surface area (Å²) in [6.07, 6.45) is 0.637. The Morgan fingerprint density at radius 2 is 2.17 bits per heavy atom. The highest BCUT2D eigenvalue weighted by Gasteiger charge is 2.14. The van der Waals surface area contributed by atoms with E-state index in [4.69, 9.17) is 10.5 Å². The topological polar surface area (TPSA) is 69.4 Å². The minimum absolute atomic E-state index is 0.0247. The number of carbonyl (C=O) groups is 2. The van der Waals surface area contributed by atoms with Gasteiger partial charge >= 0.3 is 5.97 Å². The summed E-state index contributed by atoms with van der Waals surface area (Å²) in [5, 5.41) is 0. The lowest BCUT2D eigenvalue weighted by Gasteiger charge is -2.10. The molecule has 0 aliphatic heterocycles. The van der Waals surface area contributed by atoms with Crippen LogP contribution in [0, 0.1) is 5.92 Å². The second-order valence-electron chi connectivity index (χ2n) is 3.03. The summed E-state index contributed by atoms with van der Waals surface area (Å²) in [5.74, 6) is -0.215. The van der Waals surface area contributed by atoms with E-state index in [1.165, 1.54) is 0 Å². The lowest BCUT2D eigenvalue weighted by Crippen LogP contribution is -2.33. The summed E-state index contributed by atoms with van der Waals surface area (Å²) in [7, 11) is 0. The van der Waals surface area contributed by atoms with Gasteiger partial charge in [0.15, 0.2) is 0 Å². The van der Waals surface area contributed by atoms with Crippen LogP contribution in [0.2, 0.25) is 0 Å². The van der Waals surface area contributed by atoms with E-state index in [0.29, 0.717) is 12.9 Å². The van der Waals surface area contributed by atoms with Gasteiger partial charge in [-0.05, 0) is 5.92 Å². The fourth-order valence-corrected chi connectivity index (χ4v) is 0.556. The molecule has 1 atom stereocenters. The Bertz CT molecular complexity index is 156. The molecule has 0 aliphatic carbocycles. The van der Waals surface area contributed by atoms with Crippen molar-refractivity contribution in [1.29, 1.82) is 0 Å². The number of hydrogen-bond acceptors (Lipinski definition) is 4. The van der Waals surface area contributed by atoms with Crippen molar-refractivity contribution in [3.8, 4) is 0 Å². The summed E-state index contributed by atoms with van der Waals surface area (Å²) in [6.45, 7) is 4.21. The third-order valence-electron chi connectivity index (χ3n) is 1.21. The van der Waals surface area contributed by atoms with Gasteiger partial charge in [0.1, 0.15) is 12.3 Å². The molecule has 0 aromatic rings. The number of ether oxygens (including phenoxy) is 1. The van der Waals surface area contributed by atoms with Gasteiger partial charge in [-0.25, -0.2) is 0 Å². The highest BCUT2D eigenvalue weighted by molar-refractivity contribution is 5.78. The maximum Gasteiger partial charge on any atom is 0.323 e. The second kappa shape index (κ2) is 5.71. The molecule has 2 N–H and O–H groups in total. The van der Waals surface area contributed by atoms with Crippen LogP contribution < -0.4 is 5.73 Å². The van der Waals surface area contributed by atoms with Crippen molar-refractivity contribution in [2.75, 3.05) is 6.61 Å². The first-order valence-electron chi connectivity index (χ1n) is 3.93. The van der Waals surface area contributed by atoms with Crippen molar-refractivity contribution in [2.45, 2.75) is 26.3 Å². The van der Waals surface area contributed by atoms with Crippen LogP contribution in [0.4, 0.5) is 0 Å². The van der Waals surface area contributed by atoms with Crippen LogP contribution in [0.3, 0.4) is 0 Å². The molecule has 0 aliphatic rings. The molecule has 0 heterocycles. The summed E-state index contributed by atoms with van der Waals surface area (Å²) in [5.41, 5.74) is 5.31. The van der Waals surface area contributed by atoms with Gasteiger partial charge in [0.05, 0.1) is 6.61 Å². The highest BCUT2D eigenvalue weighted by Crippen LogP contribution is 1.95. The van der Waals surface area contributed by atoms with Gasteiger partial charge in [-0.2, -0.15) is 0 Å². The number of aldehydes is 1. The van der Waals surface area contributed by atoms with Crippen LogP contribution in [0.1, 0.15) is 20.3 Å². The quantitative estimate of drug-likeness (QED) is 0.473. The summed E-state index contributed by atoms with van der Waals surface area (Å²) in [6, 6.07) is -0.804. The number of esters is 1. The van der Waals surface area contributed by atoms with Crippen LogP contribution >= 0.6 is 0 Å². The van der Waals surface area contributed by atoms with Gasteiger partial charge in [-0.1, -0.05) is 13.8 Å². The normalized spacial score (nSPS) is 12.7. The monoisotopic (exact) mass is 173 g/mol. The Kier molecular flexibility index (Phi) is 5.28. The van der Waals surface area contributed by atoms with Crippen molar-refractivity contribution >= 4 is 12.3 Å². The van der Waals surface area contributed by atoms with Crippen LogP contribution in [0.15, 0.2) is 0 Å². The maximum atomic E-state index is 10.9. The first kappa shape index (κ1) is 11.1. The molecular formula is C8H15NO3. The third-order valence-corrected chi connectivity index (χ3v) is 1.21. The van der Waals surface area contributed by atoms with Gasteiger partial charge in [0.25, 0.3) is 0 Å². The minimum Gasteiger partial charge on any atom is -0.464 e. The van der Waals surface area contributed by atoms with Crippen LogP contribution in [0.25, 0.3) is 0 Å². The molecule has 12 heavy (non-hydrogen) atoms. The molecule has 0 saturated carbocycles. The zero-order valence-electron chi connectivity index (χ0n) is 7.45. The van der Waals surface area contributed by atoms with E-state index >= 15 is 0 Å². The molecule has 0 radical (unpaired) electrons. The Labute approximate surface area is 72.1 Å². The first-order valence-corrected chi connectivity index (χ1v) is 3.93. The summed E-state index contributed by atoms with van der Waals surface area (Å²) >= 11 is 0. The number of nitrogens with two attached hydrogens (primary N) is 1. The fourth-order valence-electron chi connectivity index (χ4n) is 0.556. The van der Waals surface area contributed by atoms with Gasteiger partial charge < -0.3 is 15.3 Å². The average Bonchev–Trinajstić information content (AvgIpc) is 2.00. The van der Waals surface area contributed by atoms with Crippen LogP contribution in [0.5, 0.6) is 0 Å². The largest absolute Gasteiger partial charge is 0.464 e. The molecule has 0 saturated heterocycles. The van der Waals surface area contributed by atoms with Crippen molar-refractivity contribution in [1.82, 2.24) is 0 Å². The van der Waals surface area contributed by atoms with E-state index in [9.17, 15) is 9.59 Å². The molecule has 0 amide bonds. The zero-order valence-corrected chi connectivity index (χ0v) is 7.45. The minimum atomic E-state index is -0.804. The van der Waals surface area contributed by atoms with Crippen LogP contribution in [-0.4, -0.2) is 24.9 Å². The zero-order chi connectivity index (χ0) is 9.56. The maximum absolute atomic E-state index is 10.9. The van der Waals surface area contributed by atoms with E-state index in [2.05, 4.69) is 0 Å². The molecular weight excluding hydrogens is 158 g/mol. The van der Waals surface area contributed by atoms with Crippen molar-refractivity contribution < 1.29 is 14.3 Å². The molecule has 70 valence electrons. The number of carbonyl (C=O) groups excluding carboxylic acids is 2. The molecule has 0 bridgehead atoms. The number of hydrogen-bond donors (Lipinski definition) is 1. The Morgan fingerprint density at radius 3 is 2.58 bits per heavy atom. The lowest BCUT2D eigenvalue weighted by molar-refractivity contribution is -0.146. The smallest absolute Gasteiger partial charge is 0.323 e. The third kappa shape index (κ3) is 4.85. The second-order valence-corrected chi connectivity index (χ2v) is 3.03. The molecule has 0 fully saturated rings. The predicted octanol–water partition coefficient (Wildman–Crippen LogP) is 0.102. The molecule has 0 rings (SSSR count). The molecule has 0 spiro atoms. The highest BCUT2D eigenvalue weighted by atomic mass is 16.5. The molecule has 1 unspecified atom stereocenters. The van der Waals surface area contributed by atoms with Gasteiger partial charge in [-0.3, -0.25) is 4.79 Å². The number of rotatable bonds is 5. The Morgan fingerprint density at radius 1 is 1.58 bits per heavy atom. The van der Waals surface area contributed by atoms with Crippen molar-refractivity contribution in [3.63, 3.8) is 0 Å². The first-order chi connectivity index (χ1) is 5.57. The van der Waals surface area contributed by atoms with Crippen LogP contribution in [-0.2, 0) is 14.3 Å². The standard InChI is InChI=1S/C8H15NO3/c1-6(2)5-12-8(11)7(9)3-4-10/h4,6-7H,3,5,9H2,1-2H3. The average molecular weight is 173 g/mol. The Balaban J connectivity index is 3.63. The van der Waals surface area contributed by atoms with E-state index in [1.807, 2.05) is 13.8 Å². The summed E-state index contributed by atoms with van der Waals surface area (Å²) in [4.78, 5) is 20.9. The van der Waals surface area contributed by atoms with E-state index in [0.717, 1.165) is 0 Å². The van der Waals surface area contributed by atoms with E-state index in [1.54, 1.807) is 0 Å². The molecule has 4 nitrogen and oxygen atoms in total. The van der Waals surface area contributed by atoms with Crippen molar-refractivity contribution in [2.24, 2.45) is 11.7 Å². The predicted molar refractivity (Wildman–Crippen MR) is 44.5 cm³/mol. The van der Waals surface area contributed by atoms with Crippen molar-refractivity contribution in [3.05, 3.63) is 0 Å².